The average Bonchev–Trinajstić information content (AvgIpc) is 3.08. The van der Waals surface area contributed by atoms with Crippen LogP contribution in [0.25, 0.3) is 0 Å². The summed E-state index contributed by atoms with van der Waals surface area (Å²) in [6.07, 6.45) is 1.96. The first-order valence-corrected chi connectivity index (χ1v) is 7.68. The van der Waals surface area contributed by atoms with E-state index in [0.717, 1.165) is 17.7 Å². The molecule has 0 spiro atoms. The number of hydrogen-bond donors (Lipinski definition) is 2. The van der Waals surface area contributed by atoms with E-state index in [9.17, 15) is 9.59 Å². The van der Waals surface area contributed by atoms with Gasteiger partial charge in [0, 0.05) is 10.9 Å². The third kappa shape index (κ3) is 3.80. The van der Waals surface area contributed by atoms with Crippen LogP contribution in [0.3, 0.4) is 0 Å². The van der Waals surface area contributed by atoms with Gasteiger partial charge in [0.05, 0.1) is 12.6 Å². The van der Waals surface area contributed by atoms with Gasteiger partial charge < -0.3 is 10.4 Å². The van der Waals surface area contributed by atoms with Gasteiger partial charge in [0.2, 0.25) is 5.91 Å². The maximum absolute atomic E-state index is 12.1. The number of nitrogens with one attached hydrogen (secondary N) is 1. The predicted octanol–water partition coefficient (Wildman–Crippen LogP) is 1.86. The Labute approximate surface area is 122 Å². The number of nitrogens with zero attached hydrogens (tertiary/aromatic N) is 1. The van der Waals surface area contributed by atoms with E-state index in [4.69, 9.17) is 5.11 Å². The van der Waals surface area contributed by atoms with Crippen LogP contribution >= 0.6 is 11.3 Å². The van der Waals surface area contributed by atoms with Gasteiger partial charge in [-0.2, -0.15) is 0 Å². The molecule has 0 saturated heterocycles. The van der Waals surface area contributed by atoms with Gasteiger partial charge in [0.25, 0.3) is 0 Å². The lowest BCUT2D eigenvalue weighted by Gasteiger charge is -2.26. The molecule has 2 atom stereocenters. The number of carboxylic acids is 1. The summed E-state index contributed by atoms with van der Waals surface area (Å²) in [5, 5.41) is 14.0. The van der Waals surface area contributed by atoms with Crippen LogP contribution in [-0.2, 0) is 9.59 Å². The van der Waals surface area contributed by atoms with Gasteiger partial charge in [-0.15, -0.1) is 11.3 Å². The molecule has 2 rings (SSSR count). The normalized spacial score (nSPS) is 17.8. The number of amides is 1. The number of carbonyl (C=O) groups excluding carboxylic acids is 1. The first-order chi connectivity index (χ1) is 9.49. The second kappa shape index (κ2) is 6.37. The van der Waals surface area contributed by atoms with Crippen molar-refractivity contribution in [3.05, 3.63) is 22.4 Å². The Balaban J connectivity index is 1.90. The zero-order valence-corrected chi connectivity index (χ0v) is 12.5. The predicted molar refractivity (Wildman–Crippen MR) is 77.7 cm³/mol. The Kier molecular flexibility index (Phi) is 4.77. The first kappa shape index (κ1) is 15.0. The van der Waals surface area contributed by atoms with E-state index < -0.39 is 12.0 Å². The fourth-order valence-corrected chi connectivity index (χ4v) is 2.93. The summed E-state index contributed by atoms with van der Waals surface area (Å²) in [5.41, 5.74) is 0. The van der Waals surface area contributed by atoms with Crippen molar-refractivity contribution >= 4 is 23.2 Å². The van der Waals surface area contributed by atoms with Gasteiger partial charge in [-0.1, -0.05) is 6.07 Å². The minimum absolute atomic E-state index is 0.0383. The van der Waals surface area contributed by atoms with E-state index in [0.29, 0.717) is 0 Å². The van der Waals surface area contributed by atoms with Crippen LogP contribution in [0.15, 0.2) is 17.5 Å². The second-order valence-corrected chi connectivity index (χ2v) is 6.20. The maximum atomic E-state index is 12.1. The van der Waals surface area contributed by atoms with Gasteiger partial charge in [0.1, 0.15) is 6.04 Å². The van der Waals surface area contributed by atoms with Crippen LogP contribution in [0.2, 0.25) is 0 Å². The molecule has 1 aromatic rings. The zero-order valence-electron chi connectivity index (χ0n) is 11.7. The molecule has 5 nitrogen and oxygen atoms in total. The summed E-state index contributed by atoms with van der Waals surface area (Å²) in [5.74, 6) is -0.998. The highest BCUT2D eigenvalue weighted by Gasteiger charge is 2.36. The molecule has 2 N–H and O–H groups in total. The molecular weight excluding hydrogens is 276 g/mol. The minimum Gasteiger partial charge on any atom is -0.480 e. The van der Waals surface area contributed by atoms with Gasteiger partial charge in [-0.25, -0.2) is 0 Å². The Bertz CT molecular complexity index is 471. The fraction of sp³-hybridized carbons (Fsp3) is 0.571. The van der Waals surface area contributed by atoms with Gasteiger partial charge in [-0.3, -0.25) is 14.5 Å². The van der Waals surface area contributed by atoms with Crippen LogP contribution in [0.5, 0.6) is 0 Å². The van der Waals surface area contributed by atoms with Crippen LogP contribution in [0.4, 0.5) is 0 Å². The van der Waals surface area contributed by atoms with E-state index in [-0.39, 0.29) is 24.5 Å². The highest BCUT2D eigenvalue weighted by molar-refractivity contribution is 7.10. The highest BCUT2D eigenvalue weighted by Crippen LogP contribution is 2.28. The number of rotatable bonds is 7. The summed E-state index contributed by atoms with van der Waals surface area (Å²) < 4.78 is 0. The molecule has 20 heavy (non-hydrogen) atoms. The van der Waals surface area contributed by atoms with Crippen molar-refractivity contribution in [2.45, 2.75) is 44.8 Å². The average molecular weight is 296 g/mol. The largest absolute Gasteiger partial charge is 0.480 e. The number of thiophene rings is 1. The molecule has 1 amide bonds. The van der Waals surface area contributed by atoms with Crippen molar-refractivity contribution in [2.24, 2.45) is 0 Å². The Morgan fingerprint density at radius 2 is 2.20 bits per heavy atom. The summed E-state index contributed by atoms with van der Waals surface area (Å²) >= 11 is 1.60. The molecule has 1 saturated carbocycles. The minimum atomic E-state index is -0.879. The number of aliphatic carboxylic acids is 1. The summed E-state index contributed by atoms with van der Waals surface area (Å²) in [6, 6.07) is 3.51. The lowest BCUT2D eigenvalue weighted by molar-refractivity contribution is -0.143. The molecular formula is C14H20N2O3S. The molecule has 1 fully saturated rings. The Morgan fingerprint density at radius 1 is 1.50 bits per heavy atom. The molecule has 0 bridgehead atoms. The van der Waals surface area contributed by atoms with Crippen molar-refractivity contribution in [3.8, 4) is 0 Å². The molecule has 1 aliphatic rings. The van der Waals surface area contributed by atoms with Crippen LogP contribution < -0.4 is 5.32 Å². The van der Waals surface area contributed by atoms with E-state index in [1.165, 1.54) is 0 Å². The quantitative estimate of drug-likeness (QED) is 0.806. The van der Waals surface area contributed by atoms with E-state index in [1.54, 1.807) is 23.2 Å². The van der Waals surface area contributed by atoms with E-state index >= 15 is 0 Å². The van der Waals surface area contributed by atoms with Gasteiger partial charge in [0.15, 0.2) is 0 Å². The smallest absolute Gasteiger partial charge is 0.320 e. The van der Waals surface area contributed by atoms with Crippen molar-refractivity contribution in [3.63, 3.8) is 0 Å². The molecule has 110 valence electrons. The van der Waals surface area contributed by atoms with Crippen molar-refractivity contribution < 1.29 is 14.7 Å². The maximum Gasteiger partial charge on any atom is 0.320 e. The first-order valence-electron chi connectivity index (χ1n) is 6.80. The highest BCUT2D eigenvalue weighted by atomic mass is 32.1. The van der Waals surface area contributed by atoms with Crippen molar-refractivity contribution in [1.29, 1.82) is 0 Å². The fourth-order valence-electron chi connectivity index (χ4n) is 2.19. The molecule has 1 aromatic heterocycles. The van der Waals surface area contributed by atoms with Crippen molar-refractivity contribution in [2.75, 3.05) is 6.54 Å². The summed E-state index contributed by atoms with van der Waals surface area (Å²) in [6.45, 7) is 3.72. The Morgan fingerprint density at radius 3 is 2.70 bits per heavy atom. The third-order valence-corrected chi connectivity index (χ3v) is 4.60. The van der Waals surface area contributed by atoms with E-state index in [2.05, 4.69) is 5.32 Å². The lowest BCUT2D eigenvalue weighted by Crippen LogP contribution is -2.46. The van der Waals surface area contributed by atoms with Crippen LogP contribution in [0.1, 0.15) is 37.6 Å². The number of carbonyl (C=O) groups is 2. The molecule has 0 radical (unpaired) electrons. The zero-order chi connectivity index (χ0) is 14.7. The monoisotopic (exact) mass is 296 g/mol. The third-order valence-electron chi connectivity index (χ3n) is 3.54. The molecule has 0 aromatic carbocycles. The van der Waals surface area contributed by atoms with Crippen LogP contribution in [0, 0.1) is 0 Å². The molecule has 0 aliphatic heterocycles. The standard InChI is InChI=1S/C14H20N2O3S/c1-9(12-4-3-7-20-12)15-13(17)8-16(11-5-6-11)10(2)14(18)19/h3-4,7,9-11H,5-6,8H2,1-2H3,(H,15,17)(H,18,19). The molecule has 1 heterocycles. The van der Waals surface area contributed by atoms with Crippen molar-refractivity contribution in [1.82, 2.24) is 10.2 Å². The number of carboxylic acid groups (broad SMARTS) is 1. The summed E-state index contributed by atoms with van der Waals surface area (Å²) in [7, 11) is 0. The molecule has 2 unspecified atom stereocenters. The topological polar surface area (TPSA) is 69.6 Å². The molecule has 1 aliphatic carbocycles. The van der Waals surface area contributed by atoms with Crippen LogP contribution in [-0.4, -0.2) is 40.5 Å². The molecule has 6 heteroatoms. The van der Waals surface area contributed by atoms with E-state index in [1.807, 2.05) is 24.4 Å². The Hall–Kier alpha value is -1.40. The lowest BCUT2D eigenvalue weighted by atomic mass is 10.2. The van der Waals surface area contributed by atoms with Gasteiger partial charge in [-0.05, 0) is 38.1 Å². The SMILES string of the molecule is CC(NC(=O)CN(C1CC1)C(C)C(=O)O)c1cccs1. The second-order valence-electron chi connectivity index (χ2n) is 5.22. The summed E-state index contributed by atoms with van der Waals surface area (Å²) in [4.78, 5) is 26.0. The van der Waals surface area contributed by atoms with Gasteiger partial charge >= 0.3 is 5.97 Å². The number of hydrogen-bond acceptors (Lipinski definition) is 4.